The second-order valence-electron chi connectivity index (χ2n) is 5.80. The number of esters is 2. The molecule has 0 saturated carbocycles. The average molecular weight is 410 g/mol. The lowest BCUT2D eigenvalue weighted by molar-refractivity contribution is -0.119. The summed E-state index contributed by atoms with van der Waals surface area (Å²) in [5, 5.41) is 2.98. The van der Waals surface area contributed by atoms with E-state index in [1.54, 1.807) is 13.0 Å². The molecule has 0 aliphatic heterocycles. The fourth-order valence-electron chi connectivity index (χ4n) is 2.45. The number of anilines is 1. The molecule has 0 atom stereocenters. The van der Waals surface area contributed by atoms with Gasteiger partial charge in [-0.15, -0.1) is 11.3 Å². The largest absolute Gasteiger partial charge is 0.462 e. The molecule has 2 heterocycles. The predicted octanol–water partition coefficient (Wildman–Crippen LogP) is 3.78. The quantitative estimate of drug-likeness (QED) is 0.596. The fraction of sp³-hybridized carbons (Fsp3) is 0.143. The topological polar surface area (TPSA) is 94.6 Å². The molecule has 0 aliphatic rings. The SMILES string of the molecule is CCOC(=O)c1cc(-c2ccccc2)sc1NC(=O)COC(=O)c1ccncc1. The van der Waals surface area contributed by atoms with Gasteiger partial charge in [0.2, 0.25) is 0 Å². The third-order valence-electron chi connectivity index (χ3n) is 3.79. The molecule has 8 heteroatoms. The van der Waals surface area contributed by atoms with E-state index in [1.807, 2.05) is 30.3 Å². The Bertz CT molecular complexity index is 1000. The van der Waals surface area contributed by atoms with E-state index in [1.165, 1.54) is 35.9 Å². The monoisotopic (exact) mass is 410 g/mol. The van der Waals surface area contributed by atoms with Crippen LogP contribution in [-0.4, -0.2) is 36.0 Å². The number of rotatable bonds is 7. The predicted molar refractivity (Wildman–Crippen MR) is 109 cm³/mol. The van der Waals surface area contributed by atoms with Crippen LogP contribution in [0.2, 0.25) is 0 Å². The number of nitrogens with one attached hydrogen (secondary N) is 1. The molecule has 1 aromatic carbocycles. The van der Waals surface area contributed by atoms with Crippen molar-refractivity contribution >= 4 is 34.2 Å². The second-order valence-corrected chi connectivity index (χ2v) is 6.85. The number of hydrogen-bond acceptors (Lipinski definition) is 7. The van der Waals surface area contributed by atoms with Crippen LogP contribution in [0.4, 0.5) is 5.00 Å². The van der Waals surface area contributed by atoms with Crippen LogP contribution in [0.5, 0.6) is 0 Å². The van der Waals surface area contributed by atoms with E-state index < -0.39 is 24.5 Å². The van der Waals surface area contributed by atoms with Gasteiger partial charge in [0, 0.05) is 17.3 Å². The summed E-state index contributed by atoms with van der Waals surface area (Å²) in [6, 6.07) is 14.1. The molecule has 0 unspecified atom stereocenters. The van der Waals surface area contributed by atoms with Crippen molar-refractivity contribution < 1.29 is 23.9 Å². The smallest absolute Gasteiger partial charge is 0.341 e. The summed E-state index contributed by atoms with van der Waals surface area (Å²) in [6.45, 7) is 1.44. The summed E-state index contributed by atoms with van der Waals surface area (Å²) >= 11 is 1.24. The van der Waals surface area contributed by atoms with Gasteiger partial charge in [-0.3, -0.25) is 9.78 Å². The van der Waals surface area contributed by atoms with Crippen LogP contribution in [0.3, 0.4) is 0 Å². The Morgan fingerprint density at radius 3 is 2.41 bits per heavy atom. The highest BCUT2D eigenvalue weighted by Crippen LogP contribution is 2.35. The number of amides is 1. The maximum atomic E-state index is 12.3. The standard InChI is InChI=1S/C21H18N2O5S/c1-2-27-21(26)16-12-17(14-6-4-3-5-7-14)29-19(16)23-18(24)13-28-20(25)15-8-10-22-11-9-15/h3-12H,2,13H2,1H3,(H,23,24). The van der Waals surface area contributed by atoms with Gasteiger partial charge in [0.25, 0.3) is 5.91 Å². The molecule has 2 aromatic heterocycles. The molecule has 0 bridgehead atoms. The molecule has 0 saturated heterocycles. The van der Waals surface area contributed by atoms with E-state index in [4.69, 9.17) is 9.47 Å². The molecule has 0 fully saturated rings. The summed E-state index contributed by atoms with van der Waals surface area (Å²) in [5.41, 5.74) is 1.46. The molecule has 7 nitrogen and oxygen atoms in total. The summed E-state index contributed by atoms with van der Waals surface area (Å²) in [5.74, 6) is -1.72. The molecule has 1 N–H and O–H groups in total. The van der Waals surface area contributed by atoms with Gasteiger partial charge in [0.15, 0.2) is 6.61 Å². The zero-order valence-electron chi connectivity index (χ0n) is 15.6. The van der Waals surface area contributed by atoms with Gasteiger partial charge in [-0.1, -0.05) is 30.3 Å². The molecule has 0 aliphatic carbocycles. The third-order valence-corrected chi connectivity index (χ3v) is 4.89. The number of carbonyl (C=O) groups is 3. The summed E-state index contributed by atoms with van der Waals surface area (Å²) in [7, 11) is 0. The van der Waals surface area contributed by atoms with Gasteiger partial charge >= 0.3 is 11.9 Å². The summed E-state index contributed by atoms with van der Waals surface area (Å²) < 4.78 is 10.1. The Balaban J connectivity index is 1.73. The van der Waals surface area contributed by atoms with Crippen molar-refractivity contribution in [3.63, 3.8) is 0 Å². The highest BCUT2D eigenvalue weighted by Gasteiger charge is 2.20. The number of pyridine rings is 1. The average Bonchev–Trinajstić information content (AvgIpc) is 3.17. The zero-order chi connectivity index (χ0) is 20.6. The van der Waals surface area contributed by atoms with Gasteiger partial charge in [0.05, 0.1) is 17.7 Å². The lowest BCUT2D eigenvalue weighted by atomic mass is 10.1. The van der Waals surface area contributed by atoms with Crippen molar-refractivity contribution in [1.29, 1.82) is 0 Å². The maximum absolute atomic E-state index is 12.3. The normalized spacial score (nSPS) is 10.2. The summed E-state index contributed by atoms with van der Waals surface area (Å²) in [6.07, 6.45) is 2.91. The van der Waals surface area contributed by atoms with E-state index in [0.29, 0.717) is 10.6 Å². The van der Waals surface area contributed by atoms with Crippen molar-refractivity contribution in [3.8, 4) is 10.4 Å². The van der Waals surface area contributed by atoms with Crippen molar-refractivity contribution in [2.45, 2.75) is 6.92 Å². The molecule has 1 amide bonds. The van der Waals surface area contributed by atoms with E-state index in [0.717, 1.165) is 10.4 Å². The highest BCUT2D eigenvalue weighted by atomic mass is 32.1. The Morgan fingerprint density at radius 1 is 1.00 bits per heavy atom. The molecular formula is C21H18N2O5S. The summed E-state index contributed by atoms with van der Waals surface area (Å²) in [4.78, 5) is 41.1. The first-order valence-electron chi connectivity index (χ1n) is 8.82. The van der Waals surface area contributed by atoms with Gasteiger partial charge in [0.1, 0.15) is 5.00 Å². The van der Waals surface area contributed by atoms with Crippen LogP contribution < -0.4 is 5.32 Å². The minimum Gasteiger partial charge on any atom is -0.462 e. The fourth-order valence-corrected chi connectivity index (χ4v) is 3.52. The number of thiophene rings is 1. The van der Waals surface area contributed by atoms with Crippen molar-refractivity contribution in [2.75, 3.05) is 18.5 Å². The van der Waals surface area contributed by atoms with Gasteiger partial charge in [-0.25, -0.2) is 9.59 Å². The first-order valence-corrected chi connectivity index (χ1v) is 9.63. The maximum Gasteiger partial charge on any atom is 0.341 e. The minimum absolute atomic E-state index is 0.215. The molecule has 3 rings (SSSR count). The van der Waals surface area contributed by atoms with Crippen LogP contribution >= 0.6 is 11.3 Å². The molecule has 148 valence electrons. The lowest BCUT2D eigenvalue weighted by Gasteiger charge is -2.07. The number of benzene rings is 1. The van der Waals surface area contributed by atoms with E-state index in [2.05, 4.69) is 10.3 Å². The Kier molecular flexibility index (Phi) is 6.70. The van der Waals surface area contributed by atoms with Crippen LogP contribution in [0.1, 0.15) is 27.6 Å². The molecule has 3 aromatic rings. The zero-order valence-corrected chi connectivity index (χ0v) is 16.4. The lowest BCUT2D eigenvalue weighted by Crippen LogP contribution is -2.21. The van der Waals surface area contributed by atoms with Crippen LogP contribution in [-0.2, 0) is 14.3 Å². The van der Waals surface area contributed by atoms with E-state index in [9.17, 15) is 14.4 Å². The Hall–Kier alpha value is -3.52. The first kappa shape index (κ1) is 20.2. The molecule has 29 heavy (non-hydrogen) atoms. The molecule has 0 spiro atoms. The Labute approximate surface area is 171 Å². The van der Waals surface area contributed by atoms with Crippen molar-refractivity contribution in [2.24, 2.45) is 0 Å². The van der Waals surface area contributed by atoms with Crippen molar-refractivity contribution in [3.05, 3.63) is 72.1 Å². The van der Waals surface area contributed by atoms with Crippen molar-refractivity contribution in [1.82, 2.24) is 4.98 Å². The van der Waals surface area contributed by atoms with E-state index >= 15 is 0 Å². The number of ether oxygens (including phenoxy) is 2. The molecule has 0 radical (unpaired) electrons. The first-order chi connectivity index (χ1) is 14.1. The molecular weight excluding hydrogens is 392 g/mol. The second kappa shape index (κ2) is 9.61. The van der Waals surface area contributed by atoms with Crippen LogP contribution in [0.25, 0.3) is 10.4 Å². The highest BCUT2D eigenvalue weighted by molar-refractivity contribution is 7.20. The van der Waals surface area contributed by atoms with Gasteiger partial charge in [-0.2, -0.15) is 0 Å². The van der Waals surface area contributed by atoms with Crippen LogP contribution in [0, 0.1) is 0 Å². The third kappa shape index (κ3) is 5.26. The van der Waals surface area contributed by atoms with Crippen LogP contribution in [0.15, 0.2) is 60.9 Å². The number of hydrogen-bond donors (Lipinski definition) is 1. The minimum atomic E-state index is -0.635. The van der Waals surface area contributed by atoms with Gasteiger partial charge < -0.3 is 14.8 Å². The van der Waals surface area contributed by atoms with E-state index in [-0.39, 0.29) is 12.2 Å². The number of aromatic nitrogens is 1. The number of carbonyl (C=O) groups excluding carboxylic acids is 3. The number of nitrogens with zero attached hydrogens (tertiary/aromatic N) is 1. The Morgan fingerprint density at radius 2 is 1.72 bits per heavy atom. The van der Waals surface area contributed by atoms with Gasteiger partial charge in [-0.05, 0) is 30.7 Å².